The molecule has 1 heterocycles. The fourth-order valence-electron chi connectivity index (χ4n) is 1.20. The topological polar surface area (TPSA) is 54.9 Å². The van der Waals surface area contributed by atoms with E-state index in [0.717, 1.165) is 5.69 Å². The lowest BCUT2D eigenvalue weighted by Crippen LogP contribution is -2.25. The maximum absolute atomic E-state index is 11.7. The van der Waals surface area contributed by atoms with E-state index in [1.54, 1.807) is 13.0 Å². The highest BCUT2D eigenvalue weighted by molar-refractivity contribution is 5.95. The Kier molecular flexibility index (Phi) is 3.81. The first-order valence-corrected chi connectivity index (χ1v) is 4.74. The lowest BCUT2D eigenvalue weighted by atomic mass is 10.1. The van der Waals surface area contributed by atoms with Crippen molar-refractivity contribution in [1.29, 1.82) is 0 Å². The lowest BCUT2D eigenvalue weighted by Gasteiger charge is -2.06. The maximum atomic E-state index is 11.7. The Hall–Kier alpha value is -1.89. The molecule has 0 aliphatic carbocycles. The monoisotopic (exact) mass is 203 g/mol. The number of terminal acetylenes is 1. The summed E-state index contributed by atoms with van der Waals surface area (Å²) in [5.74, 6) is 2.16. The molecular weight excluding hydrogens is 190 g/mol. The first-order chi connectivity index (χ1) is 7.19. The number of amides is 1. The Bertz CT molecular complexity index is 407. The Balaban J connectivity index is 2.96. The van der Waals surface area contributed by atoms with Crippen LogP contribution in [0.25, 0.3) is 0 Å². The molecule has 4 heteroatoms. The molecule has 0 fully saturated rings. The third-order valence-electron chi connectivity index (χ3n) is 1.92. The summed E-state index contributed by atoms with van der Waals surface area (Å²) in [7, 11) is 0. The zero-order chi connectivity index (χ0) is 11.3. The van der Waals surface area contributed by atoms with Crippen molar-refractivity contribution in [2.45, 2.75) is 20.3 Å². The molecule has 0 aromatic carbocycles. The van der Waals surface area contributed by atoms with Gasteiger partial charge in [0, 0.05) is 0 Å². The normalized spacial score (nSPS) is 9.40. The van der Waals surface area contributed by atoms with Crippen LogP contribution in [-0.2, 0) is 6.42 Å². The van der Waals surface area contributed by atoms with Crippen molar-refractivity contribution >= 4 is 5.91 Å². The second kappa shape index (κ2) is 5.11. The second-order valence-corrected chi connectivity index (χ2v) is 3.09. The Morgan fingerprint density at radius 3 is 2.93 bits per heavy atom. The van der Waals surface area contributed by atoms with Crippen molar-refractivity contribution in [3.05, 3.63) is 23.0 Å². The van der Waals surface area contributed by atoms with Gasteiger partial charge in [0.05, 0.1) is 23.5 Å². The van der Waals surface area contributed by atoms with Crippen molar-refractivity contribution in [2.24, 2.45) is 0 Å². The van der Waals surface area contributed by atoms with Crippen LogP contribution in [0.4, 0.5) is 0 Å². The summed E-state index contributed by atoms with van der Waals surface area (Å²) in [6, 6.07) is 1.72. The SMILES string of the molecule is C#CCNC(=O)c1cc(C)nnc1CC. The molecule has 0 radical (unpaired) electrons. The molecule has 1 aromatic heterocycles. The van der Waals surface area contributed by atoms with Crippen LogP contribution in [0, 0.1) is 19.3 Å². The summed E-state index contributed by atoms with van der Waals surface area (Å²) in [6.07, 6.45) is 5.74. The van der Waals surface area contributed by atoms with Crippen molar-refractivity contribution in [2.75, 3.05) is 6.54 Å². The minimum absolute atomic E-state index is 0.192. The summed E-state index contributed by atoms with van der Waals surface area (Å²) < 4.78 is 0. The van der Waals surface area contributed by atoms with Gasteiger partial charge in [-0.1, -0.05) is 12.8 Å². The number of nitrogens with one attached hydrogen (secondary N) is 1. The van der Waals surface area contributed by atoms with Crippen LogP contribution in [0.5, 0.6) is 0 Å². The third-order valence-corrected chi connectivity index (χ3v) is 1.92. The zero-order valence-electron chi connectivity index (χ0n) is 8.87. The average molecular weight is 203 g/mol. The first kappa shape index (κ1) is 11.2. The first-order valence-electron chi connectivity index (χ1n) is 4.74. The van der Waals surface area contributed by atoms with E-state index in [1.165, 1.54) is 0 Å². The fourth-order valence-corrected chi connectivity index (χ4v) is 1.20. The van der Waals surface area contributed by atoms with Gasteiger partial charge in [0.1, 0.15) is 0 Å². The van der Waals surface area contributed by atoms with Crippen LogP contribution < -0.4 is 5.32 Å². The number of aromatic nitrogens is 2. The molecular formula is C11H13N3O. The van der Waals surface area contributed by atoms with Gasteiger partial charge in [-0.2, -0.15) is 10.2 Å². The number of hydrogen-bond acceptors (Lipinski definition) is 3. The molecule has 0 atom stereocenters. The highest BCUT2D eigenvalue weighted by Crippen LogP contribution is 2.06. The van der Waals surface area contributed by atoms with Gasteiger partial charge in [-0.05, 0) is 19.4 Å². The molecule has 1 N–H and O–H groups in total. The Morgan fingerprint density at radius 2 is 2.33 bits per heavy atom. The molecule has 0 bridgehead atoms. The minimum Gasteiger partial charge on any atom is -0.341 e. The molecule has 78 valence electrons. The number of carbonyl (C=O) groups excluding carboxylic acids is 1. The van der Waals surface area contributed by atoms with Gasteiger partial charge >= 0.3 is 0 Å². The largest absolute Gasteiger partial charge is 0.341 e. The van der Waals surface area contributed by atoms with Crippen molar-refractivity contribution < 1.29 is 4.79 Å². The standard InChI is InChI=1S/C11H13N3O/c1-4-6-12-11(15)9-7-8(3)13-14-10(9)5-2/h1,7H,5-6H2,2-3H3,(H,12,15). The quantitative estimate of drug-likeness (QED) is 0.736. The molecule has 1 amide bonds. The van der Waals surface area contributed by atoms with Crippen LogP contribution in [0.3, 0.4) is 0 Å². The summed E-state index contributed by atoms with van der Waals surface area (Å²) in [6.45, 7) is 3.95. The van der Waals surface area contributed by atoms with Crippen molar-refractivity contribution in [1.82, 2.24) is 15.5 Å². The van der Waals surface area contributed by atoms with Crippen molar-refractivity contribution in [3.63, 3.8) is 0 Å². The Labute approximate surface area is 89.1 Å². The maximum Gasteiger partial charge on any atom is 0.254 e. The number of carbonyl (C=O) groups is 1. The predicted octanol–water partition coefficient (Wildman–Crippen LogP) is 0.710. The molecule has 0 aliphatic rings. The highest BCUT2D eigenvalue weighted by Gasteiger charge is 2.11. The van der Waals surface area contributed by atoms with E-state index in [2.05, 4.69) is 21.4 Å². The van der Waals surface area contributed by atoms with Gasteiger partial charge in [0.15, 0.2) is 0 Å². The number of aryl methyl sites for hydroxylation is 2. The molecule has 4 nitrogen and oxygen atoms in total. The average Bonchev–Trinajstić information content (AvgIpc) is 2.25. The fraction of sp³-hybridized carbons (Fsp3) is 0.364. The van der Waals surface area contributed by atoms with E-state index < -0.39 is 0 Å². The minimum atomic E-state index is -0.192. The number of hydrogen-bond donors (Lipinski definition) is 1. The van der Waals surface area contributed by atoms with E-state index >= 15 is 0 Å². The summed E-state index contributed by atoms with van der Waals surface area (Å²) in [4.78, 5) is 11.7. The van der Waals surface area contributed by atoms with E-state index in [0.29, 0.717) is 17.7 Å². The van der Waals surface area contributed by atoms with Crippen LogP contribution in [-0.4, -0.2) is 22.6 Å². The zero-order valence-corrected chi connectivity index (χ0v) is 8.87. The molecule has 0 spiro atoms. The predicted molar refractivity (Wildman–Crippen MR) is 57.3 cm³/mol. The molecule has 0 saturated heterocycles. The smallest absolute Gasteiger partial charge is 0.254 e. The molecule has 0 unspecified atom stereocenters. The van der Waals surface area contributed by atoms with Gasteiger partial charge in [0.25, 0.3) is 5.91 Å². The van der Waals surface area contributed by atoms with Crippen LogP contribution in [0.1, 0.15) is 28.7 Å². The van der Waals surface area contributed by atoms with Crippen LogP contribution in [0.15, 0.2) is 6.07 Å². The van der Waals surface area contributed by atoms with Gasteiger partial charge in [-0.25, -0.2) is 0 Å². The van der Waals surface area contributed by atoms with Gasteiger partial charge < -0.3 is 5.32 Å². The van der Waals surface area contributed by atoms with Gasteiger partial charge in [-0.3, -0.25) is 4.79 Å². The van der Waals surface area contributed by atoms with Gasteiger partial charge in [0.2, 0.25) is 0 Å². The van der Waals surface area contributed by atoms with E-state index in [4.69, 9.17) is 6.42 Å². The van der Waals surface area contributed by atoms with Crippen LogP contribution >= 0.6 is 0 Å². The molecule has 1 rings (SSSR count). The number of rotatable bonds is 3. The van der Waals surface area contributed by atoms with E-state index in [-0.39, 0.29) is 12.5 Å². The summed E-state index contributed by atoms with van der Waals surface area (Å²) in [5.41, 5.74) is 1.97. The molecule has 15 heavy (non-hydrogen) atoms. The Morgan fingerprint density at radius 1 is 1.60 bits per heavy atom. The summed E-state index contributed by atoms with van der Waals surface area (Å²) >= 11 is 0. The van der Waals surface area contributed by atoms with Gasteiger partial charge in [-0.15, -0.1) is 6.42 Å². The lowest BCUT2D eigenvalue weighted by molar-refractivity contribution is 0.0957. The van der Waals surface area contributed by atoms with E-state index in [9.17, 15) is 4.79 Å². The van der Waals surface area contributed by atoms with Crippen LogP contribution in [0.2, 0.25) is 0 Å². The second-order valence-electron chi connectivity index (χ2n) is 3.09. The molecule has 1 aromatic rings. The van der Waals surface area contributed by atoms with E-state index in [1.807, 2.05) is 6.92 Å². The molecule has 0 aliphatic heterocycles. The highest BCUT2D eigenvalue weighted by atomic mass is 16.1. The number of nitrogens with zero attached hydrogens (tertiary/aromatic N) is 2. The van der Waals surface area contributed by atoms with Crippen molar-refractivity contribution in [3.8, 4) is 12.3 Å². The summed E-state index contributed by atoms with van der Waals surface area (Å²) in [5, 5.41) is 10.5. The third kappa shape index (κ3) is 2.78. The molecule has 0 saturated carbocycles.